The molecule has 5 rings (SSSR count). The summed E-state index contributed by atoms with van der Waals surface area (Å²) in [6.45, 7) is 6.64. The lowest BCUT2D eigenvalue weighted by molar-refractivity contribution is -0.132. The third-order valence-electron chi connectivity index (χ3n) is 7.01. The molecule has 212 valence electrons. The molecule has 2 aromatic carbocycles. The molecule has 1 saturated heterocycles. The van der Waals surface area contributed by atoms with E-state index < -0.39 is 7.14 Å². The summed E-state index contributed by atoms with van der Waals surface area (Å²) in [7, 11) is -0.867. The summed E-state index contributed by atoms with van der Waals surface area (Å²) in [5.41, 5.74) is 2.47. The predicted molar refractivity (Wildman–Crippen MR) is 160 cm³/mol. The van der Waals surface area contributed by atoms with Crippen LogP contribution in [0.3, 0.4) is 0 Å². The highest BCUT2D eigenvalue weighted by Crippen LogP contribution is 2.40. The molecule has 10 nitrogen and oxygen atoms in total. The molecule has 1 aromatic heterocycles. The third-order valence-corrected chi connectivity index (χ3v) is 8.84. The normalized spacial score (nSPS) is 16.6. The van der Waals surface area contributed by atoms with E-state index >= 15 is 0 Å². The number of carbonyl (C=O) groups is 1. The molecule has 2 aliphatic heterocycles. The number of carbonyl (C=O) groups excluding carboxylic acids is 1. The molecule has 1 amide bonds. The molecule has 0 saturated carbocycles. The number of halogens is 1. The molecule has 0 bridgehead atoms. The lowest BCUT2D eigenvalue weighted by atomic mass is 10.1. The van der Waals surface area contributed by atoms with Crippen LogP contribution in [-0.4, -0.2) is 80.1 Å². The topological polar surface area (TPSA) is 109 Å². The van der Waals surface area contributed by atoms with E-state index in [1.165, 1.54) is 6.20 Å². The smallest absolute Gasteiger partial charge is 0.229 e. The fourth-order valence-electron chi connectivity index (χ4n) is 5.02. The number of rotatable bonds is 9. The number of aromatic nitrogens is 2. The second kappa shape index (κ2) is 12.0. The maximum Gasteiger partial charge on any atom is 0.229 e. The van der Waals surface area contributed by atoms with Crippen LogP contribution < -0.4 is 25.6 Å². The van der Waals surface area contributed by atoms with E-state index in [9.17, 15) is 9.36 Å². The Hall–Kier alpha value is -3.33. The van der Waals surface area contributed by atoms with Crippen molar-refractivity contribution in [2.45, 2.75) is 18.9 Å². The standard InChI is InChI=1S/C28H34ClN6O4P/c1-38-14-6-9-26(36)34-12-13-35-20(17-34)18-39-24-15-19(10-11-23(24)35)31-28-30-16-21(29)27(33-28)32-22-7-4-5-8-25(22)40(2,3)37/h4-5,7-8,10-11,15-16,20H,6,9,12-14,17-18H2,1-3H3,(H2,30,31,32,33)/t20-/m0/s1. The van der Waals surface area contributed by atoms with Crippen molar-refractivity contribution in [3.8, 4) is 5.75 Å². The van der Waals surface area contributed by atoms with Crippen LogP contribution in [0.5, 0.6) is 5.75 Å². The number of nitrogens with zero attached hydrogens (tertiary/aromatic N) is 4. The second-order valence-corrected chi connectivity index (χ2v) is 13.9. The van der Waals surface area contributed by atoms with E-state index in [1.807, 2.05) is 47.4 Å². The van der Waals surface area contributed by atoms with Gasteiger partial charge in [-0.3, -0.25) is 4.79 Å². The largest absolute Gasteiger partial charge is 0.489 e. The van der Waals surface area contributed by atoms with Crippen LogP contribution in [0.15, 0.2) is 48.7 Å². The van der Waals surface area contributed by atoms with Gasteiger partial charge in [0.05, 0.1) is 23.6 Å². The first-order chi connectivity index (χ1) is 19.2. The van der Waals surface area contributed by atoms with Gasteiger partial charge in [0, 0.05) is 56.8 Å². The minimum absolute atomic E-state index is 0.115. The van der Waals surface area contributed by atoms with Crippen molar-refractivity contribution in [3.63, 3.8) is 0 Å². The van der Waals surface area contributed by atoms with Gasteiger partial charge in [-0.25, -0.2) is 4.98 Å². The molecule has 0 unspecified atom stereocenters. The van der Waals surface area contributed by atoms with E-state index in [-0.39, 0.29) is 11.9 Å². The zero-order valence-electron chi connectivity index (χ0n) is 22.9. The van der Waals surface area contributed by atoms with Crippen molar-refractivity contribution >= 4 is 58.8 Å². The fraction of sp³-hybridized carbons (Fsp3) is 0.393. The first-order valence-electron chi connectivity index (χ1n) is 13.2. The summed E-state index contributed by atoms with van der Waals surface area (Å²) >= 11 is 6.40. The Labute approximate surface area is 239 Å². The van der Waals surface area contributed by atoms with Crippen LogP contribution >= 0.6 is 18.7 Å². The van der Waals surface area contributed by atoms with Crippen LogP contribution in [0.4, 0.5) is 28.8 Å². The molecule has 3 aromatic rings. The monoisotopic (exact) mass is 584 g/mol. The molecular formula is C28H34ClN6O4P. The number of nitrogens with one attached hydrogen (secondary N) is 2. The van der Waals surface area contributed by atoms with Crippen LogP contribution in [0, 0.1) is 0 Å². The highest BCUT2D eigenvalue weighted by atomic mass is 35.5. The molecule has 40 heavy (non-hydrogen) atoms. The summed E-state index contributed by atoms with van der Waals surface area (Å²) in [6.07, 6.45) is 2.76. The number of piperazine rings is 1. The first-order valence-corrected chi connectivity index (χ1v) is 16.2. The highest BCUT2D eigenvalue weighted by molar-refractivity contribution is 7.70. The molecule has 1 atom stereocenters. The Morgan fingerprint density at radius 2 is 2.02 bits per heavy atom. The second-order valence-electron chi connectivity index (χ2n) is 10.3. The van der Waals surface area contributed by atoms with Crippen LogP contribution in [0.2, 0.25) is 5.02 Å². The van der Waals surface area contributed by atoms with Crippen molar-refractivity contribution in [3.05, 3.63) is 53.7 Å². The molecule has 2 N–H and O–H groups in total. The predicted octanol–water partition coefficient (Wildman–Crippen LogP) is 4.70. The average Bonchev–Trinajstić information content (AvgIpc) is 2.94. The number of fused-ring (bicyclic) bond motifs is 3. The number of benzene rings is 2. The Morgan fingerprint density at radius 1 is 1.20 bits per heavy atom. The van der Waals surface area contributed by atoms with Crippen LogP contribution in [0.1, 0.15) is 12.8 Å². The molecule has 0 radical (unpaired) electrons. The van der Waals surface area contributed by atoms with Gasteiger partial charge in [0.2, 0.25) is 11.9 Å². The summed E-state index contributed by atoms with van der Waals surface area (Å²) < 4.78 is 24.0. The molecule has 0 aliphatic carbocycles. The van der Waals surface area contributed by atoms with Gasteiger partial charge in [0.15, 0.2) is 5.82 Å². The third kappa shape index (κ3) is 6.35. The molecule has 3 heterocycles. The number of anilines is 5. The van der Waals surface area contributed by atoms with Gasteiger partial charge in [0.25, 0.3) is 0 Å². The SMILES string of the molecule is COCCCC(=O)N1CCN2c3ccc(Nc4ncc(Cl)c(Nc5ccccc5P(C)(C)=O)n4)cc3OC[C@@H]2C1. The first kappa shape index (κ1) is 28.2. The fourth-order valence-corrected chi connectivity index (χ4v) is 6.31. The van der Waals surface area contributed by atoms with Crippen molar-refractivity contribution in [1.29, 1.82) is 0 Å². The Kier molecular flexibility index (Phi) is 8.49. The van der Waals surface area contributed by atoms with Gasteiger partial charge < -0.3 is 34.5 Å². The highest BCUT2D eigenvalue weighted by Gasteiger charge is 2.34. The quantitative estimate of drug-likeness (QED) is 0.273. The lowest BCUT2D eigenvalue weighted by Gasteiger charge is -2.45. The zero-order chi connectivity index (χ0) is 28.3. The molecule has 1 fully saturated rings. The van der Waals surface area contributed by atoms with Crippen molar-refractivity contribution in [1.82, 2.24) is 14.9 Å². The Balaban J connectivity index is 1.27. The number of ether oxygens (including phenoxy) is 2. The van der Waals surface area contributed by atoms with Gasteiger partial charge in [-0.1, -0.05) is 23.7 Å². The van der Waals surface area contributed by atoms with E-state index in [2.05, 4.69) is 25.5 Å². The van der Waals surface area contributed by atoms with Crippen molar-refractivity contribution < 1.29 is 18.8 Å². The maximum absolute atomic E-state index is 12.8. The lowest BCUT2D eigenvalue weighted by Crippen LogP contribution is -2.58. The Morgan fingerprint density at radius 3 is 2.83 bits per heavy atom. The van der Waals surface area contributed by atoms with Gasteiger partial charge in [-0.05, 0) is 44.0 Å². The van der Waals surface area contributed by atoms with E-state index in [0.717, 1.165) is 35.4 Å². The number of methoxy groups -OCH3 is 1. The molecule has 2 aliphatic rings. The minimum Gasteiger partial charge on any atom is -0.489 e. The number of para-hydroxylation sites is 1. The number of hydrogen-bond donors (Lipinski definition) is 2. The van der Waals surface area contributed by atoms with Gasteiger partial charge >= 0.3 is 0 Å². The zero-order valence-corrected chi connectivity index (χ0v) is 24.5. The molecular weight excluding hydrogens is 551 g/mol. The van der Waals surface area contributed by atoms with Crippen LogP contribution in [-0.2, 0) is 14.1 Å². The minimum atomic E-state index is -2.52. The van der Waals surface area contributed by atoms with E-state index in [0.29, 0.717) is 55.2 Å². The summed E-state index contributed by atoms with van der Waals surface area (Å²) in [5.74, 6) is 1.70. The number of amides is 1. The summed E-state index contributed by atoms with van der Waals surface area (Å²) in [4.78, 5) is 25.7. The summed E-state index contributed by atoms with van der Waals surface area (Å²) in [6, 6.07) is 13.4. The summed E-state index contributed by atoms with van der Waals surface area (Å²) in [5, 5.41) is 7.52. The van der Waals surface area contributed by atoms with Crippen molar-refractivity contribution in [2.24, 2.45) is 0 Å². The molecule has 0 spiro atoms. The van der Waals surface area contributed by atoms with E-state index in [4.69, 9.17) is 21.1 Å². The van der Waals surface area contributed by atoms with E-state index in [1.54, 1.807) is 20.4 Å². The van der Waals surface area contributed by atoms with Gasteiger partial charge in [0.1, 0.15) is 24.5 Å². The number of hydrogen-bond acceptors (Lipinski definition) is 9. The van der Waals surface area contributed by atoms with Crippen LogP contribution in [0.25, 0.3) is 0 Å². The van der Waals surface area contributed by atoms with Gasteiger partial charge in [-0.15, -0.1) is 0 Å². The van der Waals surface area contributed by atoms with Gasteiger partial charge in [-0.2, -0.15) is 4.98 Å². The Bertz CT molecular complexity index is 1430. The maximum atomic E-state index is 12.8. The molecule has 12 heteroatoms. The average molecular weight is 585 g/mol. The van der Waals surface area contributed by atoms with Crippen molar-refractivity contribution in [2.75, 3.05) is 68.8 Å².